The SMILES string of the molecule is C=C(/N=C\c1nc(-c2c(F)cccc2Cl)n(C[C@@H]2CCCNC2)c1N)NCc1ccc(F)cc1. The summed E-state index contributed by atoms with van der Waals surface area (Å²) >= 11 is 6.35. The van der Waals surface area contributed by atoms with E-state index >= 15 is 0 Å². The zero-order chi connectivity index (χ0) is 24.1. The molecular formula is C25H27ClF2N6. The molecule has 2 aromatic carbocycles. The average Bonchev–Trinajstić information content (AvgIpc) is 3.13. The molecule has 34 heavy (non-hydrogen) atoms. The fraction of sp³-hybridized carbons (Fsp3) is 0.280. The van der Waals surface area contributed by atoms with Gasteiger partial charge in [-0.2, -0.15) is 0 Å². The molecule has 0 bridgehead atoms. The highest BCUT2D eigenvalue weighted by Crippen LogP contribution is 2.33. The van der Waals surface area contributed by atoms with Crippen LogP contribution < -0.4 is 16.4 Å². The highest BCUT2D eigenvalue weighted by atomic mass is 35.5. The van der Waals surface area contributed by atoms with Crippen molar-refractivity contribution >= 4 is 23.6 Å². The van der Waals surface area contributed by atoms with E-state index in [1.165, 1.54) is 24.4 Å². The maximum Gasteiger partial charge on any atom is 0.146 e. The molecule has 1 fully saturated rings. The maximum atomic E-state index is 14.8. The van der Waals surface area contributed by atoms with Crippen LogP contribution in [0, 0.1) is 17.6 Å². The van der Waals surface area contributed by atoms with E-state index in [2.05, 4.69) is 27.2 Å². The number of hydrogen-bond acceptors (Lipinski definition) is 5. The Labute approximate surface area is 202 Å². The van der Waals surface area contributed by atoms with Gasteiger partial charge < -0.3 is 20.9 Å². The second-order valence-corrected chi connectivity index (χ2v) is 8.72. The Balaban J connectivity index is 1.58. The summed E-state index contributed by atoms with van der Waals surface area (Å²) in [6.45, 7) is 6.77. The van der Waals surface area contributed by atoms with Crippen molar-refractivity contribution in [3.05, 3.63) is 82.8 Å². The van der Waals surface area contributed by atoms with E-state index in [9.17, 15) is 8.78 Å². The summed E-state index contributed by atoms with van der Waals surface area (Å²) in [7, 11) is 0. The van der Waals surface area contributed by atoms with Crippen molar-refractivity contribution in [2.75, 3.05) is 18.8 Å². The van der Waals surface area contributed by atoms with Crippen molar-refractivity contribution in [3.63, 3.8) is 0 Å². The summed E-state index contributed by atoms with van der Waals surface area (Å²) in [4.78, 5) is 8.93. The van der Waals surface area contributed by atoms with E-state index in [1.54, 1.807) is 24.3 Å². The molecule has 0 amide bonds. The molecule has 1 atom stereocenters. The topological polar surface area (TPSA) is 80.3 Å². The first kappa shape index (κ1) is 23.9. The molecule has 1 aromatic heterocycles. The molecule has 1 aliphatic rings. The number of imidazole rings is 1. The summed E-state index contributed by atoms with van der Waals surface area (Å²) in [6, 6.07) is 10.7. The van der Waals surface area contributed by atoms with Crippen molar-refractivity contribution < 1.29 is 8.78 Å². The van der Waals surface area contributed by atoms with Crippen molar-refractivity contribution in [1.29, 1.82) is 0 Å². The molecule has 0 spiro atoms. The summed E-state index contributed by atoms with van der Waals surface area (Å²) in [6.07, 6.45) is 3.62. The highest BCUT2D eigenvalue weighted by molar-refractivity contribution is 6.33. The molecule has 4 N–H and O–H groups in total. The molecule has 3 aromatic rings. The lowest BCUT2D eigenvalue weighted by atomic mass is 9.99. The molecule has 1 aliphatic heterocycles. The van der Waals surface area contributed by atoms with Gasteiger partial charge in [-0.25, -0.2) is 18.8 Å². The number of hydrogen-bond donors (Lipinski definition) is 3. The van der Waals surface area contributed by atoms with Gasteiger partial charge in [0.2, 0.25) is 0 Å². The molecule has 0 unspecified atom stereocenters. The highest BCUT2D eigenvalue weighted by Gasteiger charge is 2.23. The summed E-state index contributed by atoms with van der Waals surface area (Å²) in [5.74, 6) is 0.732. The summed E-state index contributed by atoms with van der Waals surface area (Å²) in [5.41, 5.74) is 7.97. The van der Waals surface area contributed by atoms with Gasteiger partial charge in [-0.05, 0) is 61.7 Å². The minimum atomic E-state index is -0.464. The summed E-state index contributed by atoms with van der Waals surface area (Å²) < 4.78 is 29.7. The quantitative estimate of drug-likeness (QED) is 0.403. The number of aromatic nitrogens is 2. The molecule has 6 nitrogen and oxygen atoms in total. The Morgan fingerprint density at radius 3 is 2.79 bits per heavy atom. The first-order valence-corrected chi connectivity index (χ1v) is 11.5. The number of nitrogens with one attached hydrogen (secondary N) is 2. The summed E-state index contributed by atoms with van der Waals surface area (Å²) in [5, 5.41) is 6.72. The minimum absolute atomic E-state index is 0.215. The van der Waals surface area contributed by atoms with Crippen molar-refractivity contribution in [2.45, 2.75) is 25.9 Å². The molecular weight excluding hydrogens is 458 g/mol. The standard InChI is InChI=1S/C25H27ClF2N6/c1-16(31-13-17-7-9-19(27)10-8-17)32-14-22-24(29)34(15-18-4-3-11-30-12-18)25(33-22)23-20(26)5-2-6-21(23)28/h2,5-10,14,18,30-31H,1,3-4,11-13,15,29H2/b32-14-/t18-/m1/s1. The van der Waals surface area contributed by atoms with E-state index in [-0.39, 0.29) is 16.4 Å². The number of nitrogens with two attached hydrogens (primary N) is 1. The third kappa shape index (κ3) is 5.63. The predicted octanol–water partition coefficient (Wildman–Crippen LogP) is 4.74. The Hall–Kier alpha value is -3.23. The fourth-order valence-corrected chi connectivity index (χ4v) is 4.24. The lowest BCUT2D eigenvalue weighted by Crippen LogP contribution is -2.32. The van der Waals surface area contributed by atoms with E-state index in [1.807, 2.05) is 4.57 Å². The Morgan fingerprint density at radius 1 is 1.29 bits per heavy atom. The first-order valence-electron chi connectivity index (χ1n) is 11.1. The van der Waals surface area contributed by atoms with Crippen LogP contribution in [0.3, 0.4) is 0 Å². The maximum absolute atomic E-state index is 14.8. The zero-order valence-corrected chi connectivity index (χ0v) is 19.5. The van der Waals surface area contributed by atoms with E-state index in [4.69, 9.17) is 17.3 Å². The van der Waals surface area contributed by atoms with Crippen LogP contribution in [-0.2, 0) is 13.1 Å². The van der Waals surface area contributed by atoms with E-state index < -0.39 is 5.82 Å². The monoisotopic (exact) mass is 484 g/mol. The molecule has 9 heteroatoms. The minimum Gasteiger partial charge on any atom is -0.383 e. The Morgan fingerprint density at radius 2 is 2.09 bits per heavy atom. The molecule has 1 saturated heterocycles. The number of halogens is 3. The van der Waals surface area contributed by atoms with Crippen LogP contribution in [0.15, 0.2) is 59.9 Å². The average molecular weight is 485 g/mol. The third-order valence-corrected chi connectivity index (χ3v) is 6.13. The molecule has 178 valence electrons. The van der Waals surface area contributed by atoms with Gasteiger partial charge in [-0.15, -0.1) is 0 Å². The van der Waals surface area contributed by atoms with Gasteiger partial charge in [0.15, 0.2) is 0 Å². The molecule has 0 saturated carbocycles. The number of nitrogen functional groups attached to an aromatic ring is 1. The Kier molecular flexibility index (Phi) is 7.59. The zero-order valence-electron chi connectivity index (χ0n) is 18.7. The lowest BCUT2D eigenvalue weighted by molar-refractivity contribution is 0.339. The van der Waals surface area contributed by atoms with Crippen molar-refractivity contribution in [2.24, 2.45) is 10.9 Å². The van der Waals surface area contributed by atoms with Gasteiger partial charge in [0.25, 0.3) is 0 Å². The van der Waals surface area contributed by atoms with E-state index in [0.717, 1.165) is 31.5 Å². The van der Waals surface area contributed by atoms with Crippen molar-refractivity contribution in [3.8, 4) is 11.4 Å². The molecule has 0 aliphatic carbocycles. The fourth-order valence-electron chi connectivity index (χ4n) is 4.00. The lowest BCUT2D eigenvalue weighted by Gasteiger charge is -2.24. The van der Waals surface area contributed by atoms with Crippen molar-refractivity contribution in [1.82, 2.24) is 20.2 Å². The number of nitrogens with zero attached hydrogens (tertiary/aromatic N) is 3. The second-order valence-electron chi connectivity index (χ2n) is 8.31. The van der Waals surface area contributed by atoms with Crippen LogP contribution in [0.2, 0.25) is 5.02 Å². The number of aliphatic imine (C=N–C) groups is 1. The number of rotatable bonds is 8. The normalized spacial score (nSPS) is 16.1. The Bertz CT molecular complexity index is 1160. The van der Waals surface area contributed by atoms with Gasteiger partial charge in [0.1, 0.15) is 34.8 Å². The van der Waals surface area contributed by atoms with Crippen LogP contribution >= 0.6 is 11.6 Å². The van der Waals surface area contributed by atoms with Gasteiger partial charge in [-0.3, -0.25) is 0 Å². The van der Waals surface area contributed by atoms with Crippen LogP contribution in [0.25, 0.3) is 11.4 Å². The number of benzene rings is 2. The van der Waals surface area contributed by atoms with Crippen LogP contribution in [0.4, 0.5) is 14.6 Å². The molecule has 4 rings (SSSR count). The second kappa shape index (κ2) is 10.8. The van der Waals surface area contributed by atoms with Gasteiger partial charge in [0.05, 0.1) is 16.8 Å². The van der Waals surface area contributed by atoms with Crippen LogP contribution in [0.1, 0.15) is 24.1 Å². The van der Waals surface area contributed by atoms with Gasteiger partial charge in [-0.1, -0.05) is 36.4 Å². The van der Waals surface area contributed by atoms with Gasteiger partial charge in [0, 0.05) is 13.1 Å². The molecule has 2 heterocycles. The van der Waals surface area contributed by atoms with Crippen LogP contribution in [0.5, 0.6) is 0 Å². The predicted molar refractivity (Wildman–Crippen MR) is 133 cm³/mol. The smallest absolute Gasteiger partial charge is 0.146 e. The van der Waals surface area contributed by atoms with E-state index in [0.29, 0.717) is 42.2 Å². The van der Waals surface area contributed by atoms with Gasteiger partial charge >= 0.3 is 0 Å². The molecule has 0 radical (unpaired) electrons. The van der Waals surface area contributed by atoms with Crippen LogP contribution in [-0.4, -0.2) is 28.9 Å². The number of piperidine rings is 1. The third-order valence-electron chi connectivity index (χ3n) is 5.81. The first-order chi connectivity index (χ1) is 16.4. The largest absolute Gasteiger partial charge is 0.383 e. The number of anilines is 1.